The van der Waals surface area contributed by atoms with Crippen molar-refractivity contribution >= 4 is 33.6 Å². The molecular formula is C20H21BrN2O6. The lowest BCUT2D eigenvalue weighted by atomic mass is 10.0. The van der Waals surface area contributed by atoms with Gasteiger partial charge in [-0.05, 0) is 43.3 Å². The van der Waals surface area contributed by atoms with Gasteiger partial charge in [-0.15, -0.1) is 0 Å². The van der Waals surface area contributed by atoms with E-state index in [9.17, 15) is 14.7 Å². The molecule has 4 N–H and O–H groups in total. The van der Waals surface area contributed by atoms with Crippen LogP contribution in [0, 0.1) is 0 Å². The van der Waals surface area contributed by atoms with Crippen LogP contribution in [-0.4, -0.2) is 35.0 Å². The summed E-state index contributed by atoms with van der Waals surface area (Å²) in [5, 5.41) is 21.6. The number of nitrogens with one attached hydrogen (secondary N) is 2. The number of rotatable bonds is 8. The molecule has 0 bridgehead atoms. The van der Waals surface area contributed by atoms with Crippen LogP contribution in [0.1, 0.15) is 18.6 Å². The first kappa shape index (κ1) is 22.4. The number of aromatic hydroxyl groups is 1. The Balaban J connectivity index is 2.35. The minimum absolute atomic E-state index is 0.115. The van der Waals surface area contributed by atoms with E-state index in [0.29, 0.717) is 10.2 Å². The van der Waals surface area contributed by atoms with Crippen molar-refractivity contribution in [3.05, 3.63) is 70.7 Å². The first-order valence-corrected chi connectivity index (χ1v) is 9.48. The Morgan fingerprint density at radius 1 is 1.21 bits per heavy atom. The second-order valence-corrected chi connectivity index (χ2v) is 6.69. The molecule has 0 aliphatic rings. The van der Waals surface area contributed by atoms with Gasteiger partial charge in [0, 0.05) is 28.4 Å². The minimum Gasteiger partial charge on any atom is -0.508 e. The maximum absolute atomic E-state index is 12.5. The van der Waals surface area contributed by atoms with Gasteiger partial charge in [0.15, 0.2) is 6.10 Å². The largest absolute Gasteiger partial charge is 0.508 e. The molecule has 8 nitrogen and oxygen atoms in total. The van der Waals surface area contributed by atoms with Crippen LogP contribution in [0.4, 0.5) is 10.5 Å². The first-order valence-electron chi connectivity index (χ1n) is 8.69. The van der Waals surface area contributed by atoms with Crippen LogP contribution in [0.5, 0.6) is 5.75 Å². The summed E-state index contributed by atoms with van der Waals surface area (Å²) in [4.78, 5) is 23.9. The zero-order chi connectivity index (χ0) is 21.2. The van der Waals surface area contributed by atoms with Crippen molar-refractivity contribution in [2.24, 2.45) is 0 Å². The predicted octanol–water partition coefficient (Wildman–Crippen LogP) is 3.91. The normalized spacial score (nSPS) is 12.9. The van der Waals surface area contributed by atoms with Gasteiger partial charge in [0.2, 0.25) is 0 Å². The van der Waals surface area contributed by atoms with Gasteiger partial charge in [0.25, 0.3) is 5.91 Å². The Hall–Kier alpha value is -2.88. The molecule has 2 atom stereocenters. The summed E-state index contributed by atoms with van der Waals surface area (Å²) < 4.78 is 11.8. The van der Waals surface area contributed by atoms with E-state index in [2.05, 4.69) is 21.2 Å². The number of phenolic OH excluding ortho intramolecular Hbond substituents is 1. The Morgan fingerprint density at radius 2 is 1.93 bits per heavy atom. The third-order valence-corrected chi connectivity index (χ3v) is 4.25. The van der Waals surface area contributed by atoms with Gasteiger partial charge in [-0.2, -0.15) is 0 Å². The second kappa shape index (κ2) is 11.2. The molecule has 0 aliphatic heterocycles. The summed E-state index contributed by atoms with van der Waals surface area (Å²) in [7, 11) is 0. The number of amides is 2. The van der Waals surface area contributed by atoms with Crippen LogP contribution >= 0.6 is 15.9 Å². The maximum atomic E-state index is 12.5. The van der Waals surface area contributed by atoms with Crippen LogP contribution in [0.3, 0.4) is 0 Å². The third-order valence-electron chi connectivity index (χ3n) is 3.76. The molecule has 2 amide bonds. The number of hydroxylamine groups is 1. The molecular weight excluding hydrogens is 444 g/mol. The van der Waals surface area contributed by atoms with Crippen molar-refractivity contribution < 1.29 is 29.4 Å². The lowest BCUT2D eigenvalue weighted by molar-refractivity contribution is -0.124. The van der Waals surface area contributed by atoms with E-state index >= 15 is 0 Å². The van der Waals surface area contributed by atoms with Gasteiger partial charge in [0.05, 0.1) is 0 Å². The van der Waals surface area contributed by atoms with Gasteiger partial charge in [0.1, 0.15) is 11.9 Å². The fourth-order valence-corrected chi connectivity index (χ4v) is 2.88. The van der Waals surface area contributed by atoms with Crippen molar-refractivity contribution in [2.45, 2.75) is 19.1 Å². The molecule has 0 aliphatic carbocycles. The highest BCUT2D eigenvalue weighted by Crippen LogP contribution is 2.34. The summed E-state index contributed by atoms with van der Waals surface area (Å²) >= 11 is 3.32. The van der Waals surface area contributed by atoms with E-state index in [1.54, 1.807) is 49.4 Å². The van der Waals surface area contributed by atoms with Crippen LogP contribution in [-0.2, 0) is 14.3 Å². The fraction of sp³-hybridized carbons (Fsp3) is 0.200. The molecule has 0 saturated heterocycles. The zero-order valence-corrected chi connectivity index (χ0v) is 17.1. The summed E-state index contributed by atoms with van der Waals surface area (Å²) in [6.07, 6.45) is -0.403. The number of anilines is 1. The minimum atomic E-state index is -1.08. The van der Waals surface area contributed by atoms with Crippen molar-refractivity contribution in [3.63, 3.8) is 0 Å². The fourth-order valence-electron chi connectivity index (χ4n) is 2.50. The van der Waals surface area contributed by atoms with Crippen molar-refractivity contribution in [1.29, 1.82) is 0 Å². The summed E-state index contributed by atoms with van der Waals surface area (Å²) in [5.74, 6) is -0.893. The van der Waals surface area contributed by atoms with Crippen molar-refractivity contribution in [1.82, 2.24) is 5.48 Å². The average molecular weight is 465 g/mol. The number of phenols is 1. The predicted molar refractivity (Wildman–Crippen MR) is 110 cm³/mol. The van der Waals surface area contributed by atoms with E-state index in [1.807, 2.05) is 0 Å². The van der Waals surface area contributed by atoms with Gasteiger partial charge >= 0.3 is 6.09 Å². The first-order chi connectivity index (χ1) is 13.9. The number of halogens is 1. The van der Waals surface area contributed by atoms with Gasteiger partial charge in [-0.25, -0.2) is 10.3 Å². The highest BCUT2D eigenvalue weighted by atomic mass is 79.9. The molecule has 0 spiro atoms. The van der Waals surface area contributed by atoms with Crippen LogP contribution in [0.15, 0.2) is 65.2 Å². The smallest absolute Gasteiger partial charge is 0.412 e. The number of carbonyl (C=O) groups excluding carboxylic acids is 2. The van der Waals surface area contributed by atoms with E-state index < -0.39 is 24.2 Å². The van der Waals surface area contributed by atoms with Crippen LogP contribution in [0.2, 0.25) is 0 Å². The monoisotopic (exact) mass is 464 g/mol. The molecule has 0 heterocycles. The molecule has 0 aromatic heterocycles. The highest BCUT2D eigenvalue weighted by Gasteiger charge is 2.29. The lowest BCUT2D eigenvalue weighted by Crippen LogP contribution is -2.28. The van der Waals surface area contributed by atoms with E-state index in [1.165, 1.54) is 17.6 Å². The van der Waals surface area contributed by atoms with Crippen molar-refractivity contribution in [3.8, 4) is 5.75 Å². The molecule has 0 saturated carbocycles. The number of benzene rings is 2. The van der Waals surface area contributed by atoms with Gasteiger partial charge < -0.3 is 14.6 Å². The quantitative estimate of drug-likeness (QED) is 0.267. The van der Waals surface area contributed by atoms with E-state index in [4.69, 9.17) is 14.7 Å². The molecule has 2 rings (SSSR count). The van der Waals surface area contributed by atoms with Gasteiger partial charge in [-0.3, -0.25) is 15.3 Å². The summed E-state index contributed by atoms with van der Waals surface area (Å²) in [6, 6.07) is 13.4. The number of ether oxygens (including phenoxy) is 2. The molecule has 9 heteroatoms. The number of carbonyl (C=O) groups is 2. The number of hydrogen-bond donors (Lipinski definition) is 4. The topological polar surface area (TPSA) is 117 Å². The van der Waals surface area contributed by atoms with E-state index in [0.717, 1.165) is 6.08 Å². The Kier molecular flexibility index (Phi) is 8.66. The Labute approximate surface area is 176 Å². The average Bonchev–Trinajstić information content (AvgIpc) is 2.72. The van der Waals surface area contributed by atoms with Crippen LogP contribution < -0.4 is 10.8 Å². The second-order valence-electron chi connectivity index (χ2n) is 5.78. The van der Waals surface area contributed by atoms with Gasteiger partial charge in [-0.1, -0.05) is 34.1 Å². The maximum Gasteiger partial charge on any atom is 0.412 e. The number of hydrogen-bond acceptors (Lipinski definition) is 6. The molecule has 2 aromatic rings. The van der Waals surface area contributed by atoms with Crippen molar-refractivity contribution in [2.75, 3.05) is 11.9 Å². The molecule has 29 heavy (non-hydrogen) atoms. The van der Waals surface area contributed by atoms with Crippen LogP contribution in [0.25, 0.3) is 0 Å². The highest BCUT2D eigenvalue weighted by molar-refractivity contribution is 9.10. The molecule has 2 aromatic carbocycles. The standard InChI is InChI=1S/C20H21BrN2O6/c1-2-28-17(10-11-18(25)23-27)19(15-12-13(21)8-9-16(15)24)29-20(26)22-14-6-4-3-5-7-14/h3-12,17,19,24,27H,2H2,1H3,(H,22,26)(H,23,25)/b11-10+/t17-,19-/m0/s1. The Bertz CT molecular complexity index is 859. The SMILES string of the molecule is CCO[C@@H](/C=C/C(=O)NO)[C@@H](OC(=O)Nc1ccccc1)c1cc(Br)ccc1O. The lowest BCUT2D eigenvalue weighted by Gasteiger charge is -2.26. The molecule has 154 valence electrons. The number of para-hydroxylation sites is 1. The molecule has 0 fully saturated rings. The zero-order valence-electron chi connectivity index (χ0n) is 15.5. The Morgan fingerprint density at radius 3 is 2.59 bits per heavy atom. The molecule has 0 radical (unpaired) electrons. The summed E-state index contributed by atoms with van der Waals surface area (Å²) in [5.41, 5.74) is 2.28. The molecule has 0 unspecified atom stereocenters. The summed E-state index contributed by atoms with van der Waals surface area (Å²) in [6.45, 7) is 1.97. The van der Waals surface area contributed by atoms with E-state index in [-0.39, 0.29) is 17.9 Å². The third kappa shape index (κ3) is 6.90.